The third-order valence-electron chi connectivity index (χ3n) is 6.82. The van der Waals surface area contributed by atoms with Gasteiger partial charge < -0.3 is 15.0 Å². The summed E-state index contributed by atoms with van der Waals surface area (Å²) in [4.78, 5) is 18.2. The standard InChI is InChI=1S/C26H31N5O2/c1-3-33-24-12-19-6-4-5-18(19)11-22(24)14-28-25-13-20(7-9-27-25)23-15-29-30-26(23)21-8-10-31(16-21)17(2)32/h7,9,11-13,15,21H,3-6,8,10,14,16H2,1-2H3,(H,27,28)(H,29,30). The van der Waals surface area contributed by atoms with Crippen LogP contribution in [-0.2, 0) is 24.2 Å². The third kappa shape index (κ3) is 4.45. The summed E-state index contributed by atoms with van der Waals surface area (Å²) in [6.45, 7) is 6.51. The molecule has 1 aliphatic carbocycles. The topological polar surface area (TPSA) is 83.1 Å². The molecule has 0 radical (unpaired) electrons. The number of hydrogen-bond donors (Lipinski definition) is 2. The van der Waals surface area contributed by atoms with Crippen LogP contribution in [0.1, 0.15) is 55.0 Å². The fourth-order valence-electron chi connectivity index (χ4n) is 5.08. The van der Waals surface area contributed by atoms with Crippen molar-refractivity contribution in [1.29, 1.82) is 0 Å². The van der Waals surface area contributed by atoms with Crippen LogP contribution in [0.2, 0.25) is 0 Å². The lowest BCUT2D eigenvalue weighted by molar-refractivity contribution is -0.127. The van der Waals surface area contributed by atoms with E-state index in [1.54, 1.807) is 6.92 Å². The van der Waals surface area contributed by atoms with Crippen molar-refractivity contribution < 1.29 is 9.53 Å². The molecule has 1 aromatic carbocycles. The molecule has 1 atom stereocenters. The molecule has 2 N–H and O–H groups in total. The molecule has 0 bridgehead atoms. The molecular weight excluding hydrogens is 414 g/mol. The molecule has 1 fully saturated rings. The smallest absolute Gasteiger partial charge is 0.219 e. The van der Waals surface area contributed by atoms with E-state index in [1.807, 2.05) is 30.3 Å². The van der Waals surface area contributed by atoms with Gasteiger partial charge in [-0.15, -0.1) is 0 Å². The quantitative estimate of drug-likeness (QED) is 0.566. The number of rotatable bonds is 7. The van der Waals surface area contributed by atoms with E-state index in [1.165, 1.54) is 23.1 Å². The van der Waals surface area contributed by atoms with Gasteiger partial charge in [0.2, 0.25) is 5.91 Å². The van der Waals surface area contributed by atoms with Crippen LogP contribution in [0, 0.1) is 0 Å². The summed E-state index contributed by atoms with van der Waals surface area (Å²) in [6, 6.07) is 8.59. The van der Waals surface area contributed by atoms with Crippen molar-refractivity contribution in [3.05, 3.63) is 59.0 Å². The van der Waals surface area contributed by atoms with E-state index in [2.05, 4.69) is 38.7 Å². The minimum Gasteiger partial charge on any atom is -0.494 e. The van der Waals surface area contributed by atoms with Crippen LogP contribution in [0.4, 0.5) is 5.82 Å². The molecule has 5 rings (SSSR count). The molecule has 0 spiro atoms. The first-order chi connectivity index (χ1) is 16.1. The van der Waals surface area contributed by atoms with Crippen molar-refractivity contribution >= 4 is 11.7 Å². The van der Waals surface area contributed by atoms with Gasteiger partial charge in [0.15, 0.2) is 0 Å². The molecule has 7 nitrogen and oxygen atoms in total. The maximum absolute atomic E-state index is 11.8. The van der Waals surface area contributed by atoms with Crippen molar-refractivity contribution in [2.75, 3.05) is 25.0 Å². The van der Waals surface area contributed by atoms with Crippen LogP contribution >= 0.6 is 0 Å². The second-order valence-corrected chi connectivity index (χ2v) is 8.95. The molecular formula is C26H31N5O2. The summed E-state index contributed by atoms with van der Waals surface area (Å²) in [6.07, 6.45) is 8.16. The lowest BCUT2D eigenvalue weighted by Gasteiger charge is -2.15. The average molecular weight is 446 g/mol. The van der Waals surface area contributed by atoms with Crippen LogP contribution in [0.3, 0.4) is 0 Å². The Hall–Kier alpha value is -3.35. The summed E-state index contributed by atoms with van der Waals surface area (Å²) < 4.78 is 5.93. The second-order valence-electron chi connectivity index (χ2n) is 8.95. The Bertz CT molecular complexity index is 1160. The van der Waals surface area contributed by atoms with Gasteiger partial charge in [-0.1, -0.05) is 6.07 Å². The number of nitrogens with one attached hydrogen (secondary N) is 2. The molecule has 33 heavy (non-hydrogen) atoms. The number of nitrogens with zero attached hydrogens (tertiary/aromatic N) is 3. The first-order valence-electron chi connectivity index (χ1n) is 11.9. The number of ether oxygens (including phenoxy) is 1. The number of likely N-dealkylation sites (tertiary alicyclic amines) is 1. The predicted octanol–water partition coefficient (Wildman–Crippen LogP) is 4.31. The fraction of sp³-hybridized carbons (Fsp3) is 0.423. The van der Waals surface area contributed by atoms with Crippen LogP contribution in [0.5, 0.6) is 5.75 Å². The number of carbonyl (C=O) groups excluding carboxylic acids is 1. The molecule has 3 aromatic rings. The molecule has 2 aliphatic rings. The SMILES string of the molecule is CCOc1cc2c(cc1CNc1cc(-c3cn[nH]c3C3CCN(C(C)=O)C3)ccn1)CCC2. The van der Waals surface area contributed by atoms with Crippen LogP contribution in [-0.4, -0.2) is 45.7 Å². The van der Waals surface area contributed by atoms with E-state index >= 15 is 0 Å². The Kier molecular flexibility index (Phi) is 6.03. The number of anilines is 1. The van der Waals surface area contributed by atoms with E-state index in [4.69, 9.17) is 4.74 Å². The zero-order valence-electron chi connectivity index (χ0n) is 19.4. The molecule has 172 valence electrons. The Labute approximate surface area is 194 Å². The minimum atomic E-state index is 0.131. The highest BCUT2D eigenvalue weighted by Crippen LogP contribution is 2.34. The number of aryl methyl sites for hydroxylation is 2. The van der Waals surface area contributed by atoms with Gasteiger partial charge in [-0.25, -0.2) is 4.98 Å². The van der Waals surface area contributed by atoms with Crippen LogP contribution in [0.25, 0.3) is 11.1 Å². The van der Waals surface area contributed by atoms with Crippen LogP contribution in [0.15, 0.2) is 36.7 Å². The number of fused-ring (bicyclic) bond motifs is 1. The normalized spacial score (nSPS) is 17.3. The van der Waals surface area contributed by atoms with Crippen molar-refractivity contribution in [3.8, 4) is 16.9 Å². The van der Waals surface area contributed by atoms with Crippen molar-refractivity contribution in [2.24, 2.45) is 0 Å². The van der Waals surface area contributed by atoms with Gasteiger partial charge in [-0.05, 0) is 67.5 Å². The van der Waals surface area contributed by atoms with Gasteiger partial charge in [0.05, 0.1) is 12.8 Å². The number of carbonyl (C=O) groups is 1. The van der Waals surface area contributed by atoms with Gasteiger partial charge in [0.1, 0.15) is 11.6 Å². The summed E-state index contributed by atoms with van der Waals surface area (Å²) >= 11 is 0. The molecule has 7 heteroatoms. The molecule has 1 amide bonds. The summed E-state index contributed by atoms with van der Waals surface area (Å²) in [7, 11) is 0. The zero-order chi connectivity index (χ0) is 22.8. The summed E-state index contributed by atoms with van der Waals surface area (Å²) in [5, 5.41) is 11.0. The summed E-state index contributed by atoms with van der Waals surface area (Å²) in [5.41, 5.74) is 7.26. The molecule has 3 heterocycles. The number of aromatic amines is 1. The van der Waals surface area contributed by atoms with E-state index in [9.17, 15) is 4.79 Å². The molecule has 1 saturated heterocycles. The highest BCUT2D eigenvalue weighted by molar-refractivity contribution is 5.74. The minimum absolute atomic E-state index is 0.131. The van der Waals surface area contributed by atoms with Gasteiger partial charge in [0.25, 0.3) is 0 Å². The summed E-state index contributed by atoms with van der Waals surface area (Å²) in [5.74, 6) is 2.19. The van der Waals surface area contributed by atoms with E-state index in [-0.39, 0.29) is 11.8 Å². The van der Waals surface area contributed by atoms with Gasteiger partial charge in [-0.2, -0.15) is 5.10 Å². The van der Waals surface area contributed by atoms with E-state index < -0.39 is 0 Å². The Balaban J connectivity index is 1.34. The lowest BCUT2D eigenvalue weighted by atomic mass is 9.97. The molecule has 0 saturated carbocycles. The molecule has 1 aliphatic heterocycles. The van der Waals surface area contributed by atoms with Gasteiger partial charge >= 0.3 is 0 Å². The number of aromatic nitrogens is 3. The number of pyridine rings is 1. The van der Waals surface area contributed by atoms with Crippen molar-refractivity contribution in [2.45, 2.75) is 52.0 Å². The van der Waals surface area contributed by atoms with E-state index in [0.717, 1.165) is 60.7 Å². The number of benzene rings is 1. The maximum atomic E-state index is 11.8. The highest BCUT2D eigenvalue weighted by Gasteiger charge is 2.28. The monoisotopic (exact) mass is 445 g/mol. The largest absolute Gasteiger partial charge is 0.494 e. The van der Waals surface area contributed by atoms with Crippen molar-refractivity contribution in [3.63, 3.8) is 0 Å². The zero-order valence-corrected chi connectivity index (χ0v) is 19.4. The lowest BCUT2D eigenvalue weighted by Crippen LogP contribution is -2.25. The fourth-order valence-corrected chi connectivity index (χ4v) is 5.08. The van der Waals surface area contributed by atoms with Crippen molar-refractivity contribution in [1.82, 2.24) is 20.1 Å². The average Bonchev–Trinajstić information content (AvgIpc) is 3.57. The highest BCUT2D eigenvalue weighted by atomic mass is 16.5. The van der Waals surface area contributed by atoms with E-state index in [0.29, 0.717) is 13.2 Å². The maximum Gasteiger partial charge on any atom is 0.219 e. The number of hydrogen-bond acceptors (Lipinski definition) is 5. The Morgan fingerprint density at radius 1 is 1.27 bits per heavy atom. The molecule has 1 unspecified atom stereocenters. The van der Waals surface area contributed by atoms with Gasteiger partial charge in [0, 0.05) is 55.5 Å². The number of H-pyrrole nitrogens is 1. The second kappa shape index (κ2) is 9.25. The Morgan fingerprint density at radius 2 is 2.12 bits per heavy atom. The Morgan fingerprint density at radius 3 is 2.91 bits per heavy atom. The van der Waals surface area contributed by atoms with Gasteiger partial charge in [-0.3, -0.25) is 9.89 Å². The third-order valence-corrected chi connectivity index (χ3v) is 6.82. The van der Waals surface area contributed by atoms with Crippen LogP contribution < -0.4 is 10.1 Å². The predicted molar refractivity (Wildman–Crippen MR) is 128 cm³/mol. The first kappa shape index (κ1) is 21.5. The number of amides is 1. The first-order valence-corrected chi connectivity index (χ1v) is 11.9. The molecule has 2 aromatic heterocycles.